The number of piperidine rings is 1. The zero-order valence-electron chi connectivity index (χ0n) is 20.4. The van der Waals surface area contributed by atoms with Crippen LogP contribution in [0.2, 0.25) is 0 Å². The molecule has 0 radical (unpaired) electrons. The van der Waals surface area contributed by atoms with Crippen molar-refractivity contribution in [1.29, 1.82) is 0 Å². The minimum Gasteiger partial charge on any atom is -0.462 e. The highest BCUT2D eigenvalue weighted by Gasteiger charge is 2.54. The largest absolute Gasteiger partial charge is 0.462 e. The third kappa shape index (κ3) is 4.49. The maximum Gasteiger partial charge on any atom is 0.409 e. The molecule has 36 heavy (non-hydrogen) atoms. The average Bonchev–Trinajstić information content (AvgIpc) is 3.16. The molecule has 190 valence electrons. The predicted octanol–water partition coefficient (Wildman–Crippen LogP) is 5.33. The van der Waals surface area contributed by atoms with Crippen LogP contribution in [0.3, 0.4) is 0 Å². The molecule has 2 saturated heterocycles. The fourth-order valence-electron chi connectivity index (χ4n) is 6.34. The van der Waals surface area contributed by atoms with Crippen molar-refractivity contribution >= 4 is 18.1 Å². The molecule has 3 aliphatic rings. The summed E-state index contributed by atoms with van der Waals surface area (Å²) < 4.78 is 38.6. The first-order chi connectivity index (χ1) is 17.4. The van der Waals surface area contributed by atoms with Gasteiger partial charge in [-0.25, -0.2) is 13.6 Å². The van der Waals surface area contributed by atoms with E-state index in [4.69, 9.17) is 9.47 Å². The number of rotatable bonds is 4. The van der Waals surface area contributed by atoms with Crippen molar-refractivity contribution in [2.45, 2.75) is 32.8 Å². The van der Waals surface area contributed by atoms with E-state index < -0.39 is 11.6 Å². The summed E-state index contributed by atoms with van der Waals surface area (Å²) in [7, 11) is 0. The second-order valence-corrected chi connectivity index (χ2v) is 9.93. The van der Waals surface area contributed by atoms with E-state index >= 15 is 0 Å². The number of pyridine rings is 1. The molecule has 2 aliphatic heterocycles. The quantitative estimate of drug-likeness (QED) is 0.535. The number of halogens is 2. The Hall–Kier alpha value is -3.29. The van der Waals surface area contributed by atoms with E-state index in [1.807, 2.05) is 13.0 Å². The molecule has 6 atom stereocenters. The molecule has 6 nitrogen and oxygen atoms in total. The molecule has 3 heterocycles. The molecule has 3 fully saturated rings. The SMILES string of the molecule is CCOC(=O)N1CCC2C(CC3C(=O)OC(C)C3C2/C=C/c2ccc(-c3cccc(F)c3F)cn2)C1. The predicted molar refractivity (Wildman–Crippen MR) is 129 cm³/mol. The summed E-state index contributed by atoms with van der Waals surface area (Å²) in [6, 6.07) is 7.58. The van der Waals surface area contributed by atoms with Crippen molar-refractivity contribution in [3.63, 3.8) is 0 Å². The van der Waals surface area contributed by atoms with Crippen LogP contribution in [0.1, 0.15) is 32.4 Å². The van der Waals surface area contributed by atoms with Crippen molar-refractivity contribution in [3.8, 4) is 11.1 Å². The third-order valence-corrected chi connectivity index (χ3v) is 7.96. The lowest BCUT2D eigenvalue weighted by Crippen LogP contribution is -2.51. The van der Waals surface area contributed by atoms with Crippen molar-refractivity contribution in [2.24, 2.45) is 29.6 Å². The van der Waals surface area contributed by atoms with Crippen molar-refractivity contribution in [3.05, 3.63) is 59.9 Å². The van der Waals surface area contributed by atoms with Gasteiger partial charge in [-0.3, -0.25) is 9.78 Å². The number of carbonyl (C=O) groups is 2. The summed E-state index contributed by atoms with van der Waals surface area (Å²) in [5.41, 5.74) is 1.35. The molecule has 1 aliphatic carbocycles. The Kier molecular flexibility index (Phi) is 6.77. The maximum absolute atomic E-state index is 14.2. The molecule has 1 saturated carbocycles. The summed E-state index contributed by atoms with van der Waals surface area (Å²) in [4.78, 5) is 31.2. The number of fused-ring (bicyclic) bond motifs is 2. The zero-order chi connectivity index (χ0) is 25.4. The van der Waals surface area contributed by atoms with E-state index in [9.17, 15) is 18.4 Å². The number of allylic oxidation sites excluding steroid dienone is 1. The van der Waals surface area contributed by atoms with Gasteiger partial charge in [0, 0.05) is 36.3 Å². The fraction of sp³-hybridized carbons (Fsp3) is 0.464. The maximum atomic E-state index is 14.2. The molecule has 6 unspecified atom stereocenters. The first kappa shape index (κ1) is 24.4. The van der Waals surface area contributed by atoms with Gasteiger partial charge in [0.1, 0.15) is 6.10 Å². The molecule has 1 amide bonds. The van der Waals surface area contributed by atoms with Gasteiger partial charge in [0.15, 0.2) is 11.6 Å². The van der Waals surface area contributed by atoms with Crippen LogP contribution in [0, 0.1) is 41.2 Å². The number of aromatic nitrogens is 1. The fourth-order valence-corrected chi connectivity index (χ4v) is 6.34. The summed E-state index contributed by atoms with van der Waals surface area (Å²) in [5, 5.41) is 0. The number of hydrogen-bond donors (Lipinski definition) is 0. The Labute approximate surface area is 209 Å². The number of cyclic esters (lactones) is 1. The van der Waals surface area contributed by atoms with Gasteiger partial charge in [-0.15, -0.1) is 0 Å². The Balaban J connectivity index is 1.38. The summed E-state index contributed by atoms with van der Waals surface area (Å²) in [6.07, 6.45) is 6.66. The Bertz CT molecular complexity index is 1170. The van der Waals surface area contributed by atoms with Crippen LogP contribution in [-0.2, 0) is 14.3 Å². The molecule has 8 heteroatoms. The molecular formula is C28H30F2N2O4. The van der Waals surface area contributed by atoms with Crippen LogP contribution in [0.25, 0.3) is 17.2 Å². The van der Waals surface area contributed by atoms with Gasteiger partial charge in [0.25, 0.3) is 0 Å². The van der Waals surface area contributed by atoms with Gasteiger partial charge >= 0.3 is 12.1 Å². The Morgan fingerprint density at radius 1 is 1.28 bits per heavy atom. The second-order valence-electron chi connectivity index (χ2n) is 9.93. The summed E-state index contributed by atoms with van der Waals surface area (Å²) in [5.74, 6) is -1.47. The summed E-state index contributed by atoms with van der Waals surface area (Å²) >= 11 is 0. The number of hydrogen-bond acceptors (Lipinski definition) is 5. The average molecular weight is 497 g/mol. The van der Waals surface area contributed by atoms with Crippen molar-refractivity contribution < 1.29 is 27.8 Å². The molecule has 0 N–H and O–H groups in total. The third-order valence-electron chi connectivity index (χ3n) is 7.96. The standard InChI is InChI=1S/C28H30F2N2O4/c1-3-35-28(34)32-12-11-20-18(15-32)13-23-25(16(2)36-27(23)33)22(20)10-9-19-8-7-17(14-31-19)21-5-4-6-24(29)26(21)30/h4-10,14,16,18,20,22-23,25H,3,11-13,15H2,1-2H3/b10-9+. The lowest BCUT2D eigenvalue weighted by atomic mass is 9.59. The van der Waals surface area contributed by atoms with Gasteiger partial charge in [-0.05, 0) is 62.7 Å². The topological polar surface area (TPSA) is 68.7 Å². The van der Waals surface area contributed by atoms with Crippen LogP contribution in [-0.4, -0.2) is 47.7 Å². The minimum atomic E-state index is -0.894. The first-order valence-corrected chi connectivity index (χ1v) is 12.6. The van der Waals surface area contributed by atoms with Crippen molar-refractivity contribution in [1.82, 2.24) is 9.88 Å². The van der Waals surface area contributed by atoms with E-state index in [1.54, 1.807) is 24.0 Å². The van der Waals surface area contributed by atoms with E-state index in [0.717, 1.165) is 12.5 Å². The lowest BCUT2D eigenvalue weighted by molar-refractivity contribution is -0.144. The number of carbonyl (C=O) groups excluding carboxylic acids is 2. The Morgan fingerprint density at radius 3 is 2.86 bits per heavy atom. The number of likely N-dealkylation sites (tertiary alicyclic amines) is 1. The zero-order valence-corrected chi connectivity index (χ0v) is 20.4. The minimum absolute atomic E-state index is 0.0739. The lowest BCUT2D eigenvalue weighted by Gasteiger charge is -2.48. The highest BCUT2D eigenvalue weighted by molar-refractivity contribution is 5.76. The molecule has 0 bridgehead atoms. The van der Waals surface area contributed by atoms with E-state index in [0.29, 0.717) is 43.3 Å². The van der Waals surface area contributed by atoms with Crippen LogP contribution in [0.4, 0.5) is 13.6 Å². The van der Waals surface area contributed by atoms with E-state index in [-0.39, 0.29) is 47.4 Å². The van der Waals surface area contributed by atoms with Gasteiger partial charge < -0.3 is 14.4 Å². The van der Waals surface area contributed by atoms with Crippen LogP contribution >= 0.6 is 0 Å². The second kappa shape index (κ2) is 9.99. The number of nitrogens with zero attached hydrogens (tertiary/aromatic N) is 2. The van der Waals surface area contributed by atoms with Crippen LogP contribution in [0.15, 0.2) is 42.6 Å². The van der Waals surface area contributed by atoms with Gasteiger partial charge in [0.2, 0.25) is 0 Å². The molecule has 1 aromatic heterocycles. The van der Waals surface area contributed by atoms with Crippen molar-refractivity contribution in [2.75, 3.05) is 19.7 Å². The Morgan fingerprint density at radius 2 is 2.11 bits per heavy atom. The molecule has 1 aromatic carbocycles. The highest BCUT2D eigenvalue weighted by atomic mass is 19.2. The first-order valence-electron chi connectivity index (χ1n) is 12.6. The number of esters is 1. The van der Waals surface area contributed by atoms with Crippen LogP contribution in [0.5, 0.6) is 0 Å². The monoisotopic (exact) mass is 496 g/mol. The van der Waals surface area contributed by atoms with Gasteiger partial charge in [-0.1, -0.05) is 24.3 Å². The van der Waals surface area contributed by atoms with Gasteiger partial charge in [0.05, 0.1) is 18.2 Å². The molecular weight excluding hydrogens is 466 g/mol. The normalized spacial score (nSPS) is 29.6. The smallest absolute Gasteiger partial charge is 0.409 e. The van der Waals surface area contributed by atoms with E-state index in [2.05, 4.69) is 11.1 Å². The number of amides is 1. The van der Waals surface area contributed by atoms with Gasteiger partial charge in [-0.2, -0.15) is 0 Å². The molecule has 2 aromatic rings. The summed E-state index contributed by atoms with van der Waals surface area (Å²) in [6.45, 7) is 5.28. The number of benzene rings is 1. The highest BCUT2D eigenvalue weighted by Crippen LogP contribution is 2.51. The molecule has 0 spiro atoms. The number of ether oxygens (including phenoxy) is 2. The van der Waals surface area contributed by atoms with Crippen LogP contribution < -0.4 is 0 Å². The van der Waals surface area contributed by atoms with E-state index in [1.165, 1.54) is 18.3 Å². The molecule has 5 rings (SSSR count).